The summed E-state index contributed by atoms with van der Waals surface area (Å²) >= 11 is 0. The molecule has 2 rings (SSSR count). The SMILES string of the molecule is CCCCS(=O)(=O)/N=C(\Cc1ccccc1)OCc1ccccc1. The Morgan fingerprint density at radius 1 is 0.958 bits per heavy atom. The number of hydrogen-bond acceptors (Lipinski definition) is 3. The van der Waals surface area contributed by atoms with E-state index in [1.807, 2.05) is 67.6 Å². The van der Waals surface area contributed by atoms with Crippen LogP contribution in [0.5, 0.6) is 0 Å². The average Bonchev–Trinajstić information content (AvgIpc) is 2.59. The van der Waals surface area contributed by atoms with E-state index in [9.17, 15) is 8.42 Å². The van der Waals surface area contributed by atoms with Gasteiger partial charge in [0.1, 0.15) is 6.61 Å². The van der Waals surface area contributed by atoms with Crippen molar-refractivity contribution in [1.29, 1.82) is 0 Å². The Hall–Kier alpha value is -2.14. The zero-order valence-corrected chi connectivity index (χ0v) is 14.7. The number of rotatable bonds is 8. The van der Waals surface area contributed by atoms with Gasteiger partial charge in [-0.25, -0.2) is 8.42 Å². The molecule has 0 saturated carbocycles. The van der Waals surface area contributed by atoms with E-state index in [2.05, 4.69) is 4.40 Å². The first-order valence-corrected chi connectivity index (χ1v) is 9.72. The number of unbranched alkanes of at least 4 members (excludes halogenated alkanes) is 1. The van der Waals surface area contributed by atoms with E-state index in [4.69, 9.17) is 4.74 Å². The Morgan fingerprint density at radius 3 is 2.12 bits per heavy atom. The van der Waals surface area contributed by atoms with Gasteiger partial charge in [-0.05, 0) is 17.5 Å². The molecule has 0 aliphatic carbocycles. The molecule has 0 unspecified atom stereocenters. The Kier molecular flexibility index (Phi) is 7.00. The summed E-state index contributed by atoms with van der Waals surface area (Å²) in [4.78, 5) is 0. The minimum atomic E-state index is -3.50. The molecule has 0 fully saturated rings. The molecule has 24 heavy (non-hydrogen) atoms. The van der Waals surface area contributed by atoms with Crippen LogP contribution in [0, 0.1) is 0 Å². The van der Waals surface area contributed by atoms with E-state index in [-0.39, 0.29) is 11.7 Å². The lowest BCUT2D eigenvalue weighted by Gasteiger charge is -2.10. The fourth-order valence-corrected chi connectivity index (χ4v) is 3.32. The molecular weight excluding hydrogens is 322 g/mol. The maximum absolute atomic E-state index is 12.1. The molecule has 4 nitrogen and oxygen atoms in total. The zero-order valence-electron chi connectivity index (χ0n) is 13.9. The van der Waals surface area contributed by atoms with Gasteiger partial charge in [-0.1, -0.05) is 74.0 Å². The highest BCUT2D eigenvalue weighted by Crippen LogP contribution is 2.09. The number of benzene rings is 2. The van der Waals surface area contributed by atoms with Crippen molar-refractivity contribution in [2.24, 2.45) is 4.40 Å². The minimum absolute atomic E-state index is 0.0521. The van der Waals surface area contributed by atoms with E-state index in [0.29, 0.717) is 19.4 Å². The summed E-state index contributed by atoms with van der Waals surface area (Å²) in [7, 11) is -3.50. The molecule has 0 atom stereocenters. The van der Waals surface area contributed by atoms with Crippen molar-refractivity contribution in [2.75, 3.05) is 5.75 Å². The van der Waals surface area contributed by atoms with Gasteiger partial charge in [0.25, 0.3) is 10.0 Å². The topological polar surface area (TPSA) is 55.7 Å². The molecule has 128 valence electrons. The van der Waals surface area contributed by atoms with Gasteiger partial charge in [-0.3, -0.25) is 0 Å². The Labute approximate surface area is 144 Å². The summed E-state index contributed by atoms with van der Waals surface area (Å²) in [6, 6.07) is 19.2. The van der Waals surface area contributed by atoms with Crippen molar-refractivity contribution in [3.63, 3.8) is 0 Å². The molecule has 0 N–H and O–H groups in total. The van der Waals surface area contributed by atoms with E-state index in [1.165, 1.54) is 0 Å². The van der Waals surface area contributed by atoms with Crippen LogP contribution in [-0.4, -0.2) is 20.1 Å². The van der Waals surface area contributed by atoms with Crippen molar-refractivity contribution in [3.8, 4) is 0 Å². The second-order valence-corrected chi connectivity index (χ2v) is 7.32. The van der Waals surface area contributed by atoms with Gasteiger partial charge in [-0.2, -0.15) is 0 Å². The van der Waals surface area contributed by atoms with E-state index >= 15 is 0 Å². The van der Waals surface area contributed by atoms with Crippen LogP contribution in [0.1, 0.15) is 30.9 Å². The molecular formula is C19H23NO3S. The van der Waals surface area contributed by atoms with Crippen LogP contribution < -0.4 is 0 Å². The second-order valence-electron chi connectivity index (χ2n) is 5.56. The number of ether oxygens (including phenoxy) is 1. The molecule has 0 aromatic heterocycles. The van der Waals surface area contributed by atoms with Crippen molar-refractivity contribution in [3.05, 3.63) is 71.8 Å². The van der Waals surface area contributed by atoms with Gasteiger partial charge in [0.05, 0.1) is 5.75 Å². The standard InChI is InChI=1S/C19H23NO3S/c1-2-3-14-24(21,22)20-19(15-17-10-6-4-7-11-17)23-16-18-12-8-5-9-13-18/h4-13H,2-3,14-16H2,1H3/b20-19+. The van der Waals surface area contributed by atoms with Crippen LogP contribution in [-0.2, 0) is 27.8 Å². The number of hydrogen-bond donors (Lipinski definition) is 0. The molecule has 0 spiro atoms. The summed E-state index contributed by atoms with van der Waals surface area (Å²) in [6.45, 7) is 2.26. The first-order chi connectivity index (χ1) is 11.6. The summed E-state index contributed by atoms with van der Waals surface area (Å²) < 4.78 is 33.9. The largest absolute Gasteiger partial charge is 0.475 e. The summed E-state index contributed by atoms with van der Waals surface area (Å²) in [5, 5.41) is 0. The lowest BCUT2D eigenvalue weighted by molar-refractivity contribution is 0.286. The molecule has 0 saturated heterocycles. The molecule has 2 aromatic rings. The first kappa shape index (κ1) is 18.2. The van der Waals surface area contributed by atoms with Gasteiger partial charge in [-0.15, -0.1) is 4.40 Å². The maximum atomic E-state index is 12.1. The van der Waals surface area contributed by atoms with Gasteiger partial charge >= 0.3 is 0 Å². The quantitative estimate of drug-likeness (QED) is 0.537. The molecule has 0 heterocycles. The zero-order chi connectivity index (χ0) is 17.3. The van der Waals surface area contributed by atoms with Crippen molar-refractivity contribution in [1.82, 2.24) is 0 Å². The fraction of sp³-hybridized carbons (Fsp3) is 0.316. The summed E-state index contributed by atoms with van der Waals surface area (Å²) in [5.74, 6) is 0.289. The van der Waals surface area contributed by atoms with Crippen molar-refractivity contribution >= 4 is 15.9 Å². The van der Waals surface area contributed by atoms with Crippen LogP contribution in [0.2, 0.25) is 0 Å². The van der Waals surface area contributed by atoms with Crippen LogP contribution in [0.25, 0.3) is 0 Å². The first-order valence-electron chi connectivity index (χ1n) is 8.11. The van der Waals surface area contributed by atoms with E-state index < -0.39 is 10.0 Å². The highest BCUT2D eigenvalue weighted by Gasteiger charge is 2.12. The molecule has 0 bridgehead atoms. The van der Waals surface area contributed by atoms with Gasteiger partial charge < -0.3 is 4.74 Å². The van der Waals surface area contributed by atoms with Gasteiger partial charge in [0.2, 0.25) is 5.90 Å². The molecule has 0 aliphatic heterocycles. The molecule has 0 radical (unpaired) electrons. The van der Waals surface area contributed by atoms with Crippen LogP contribution >= 0.6 is 0 Å². The maximum Gasteiger partial charge on any atom is 0.256 e. The van der Waals surface area contributed by atoms with Crippen molar-refractivity contribution in [2.45, 2.75) is 32.8 Å². The van der Waals surface area contributed by atoms with Gasteiger partial charge in [0.15, 0.2) is 0 Å². The third-order valence-electron chi connectivity index (χ3n) is 3.44. The fourth-order valence-electron chi connectivity index (χ4n) is 2.15. The lowest BCUT2D eigenvalue weighted by atomic mass is 10.1. The lowest BCUT2D eigenvalue weighted by Crippen LogP contribution is -2.13. The smallest absolute Gasteiger partial charge is 0.256 e. The van der Waals surface area contributed by atoms with Crippen LogP contribution in [0.3, 0.4) is 0 Å². The molecule has 5 heteroatoms. The van der Waals surface area contributed by atoms with Crippen LogP contribution in [0.4, 0.5) is 0 Å². The van der Waals surface area contributed by atoms with Crippen molar-refractivity contribution < 1.29 is 13.2 Å². The van der Waals surface area contributed by atoms with E-state index in [0.717, 1.165) is 17.5 Å². The molecule has 2 aromatic carbocycles. The Balaban J connectivity index is 2.14. The van der Waals surface area contributed by atoms with Crippen LogP contribution in [0.15, 0.2) is 65.1 Å². The second kappa shape index (κ2) is 9.23. The molecule has 0 aliphatic rings. The Bertz CT molecular complexity index is 741. The predicted octanol–water partition coefficient (Wildman–Crippen LogP) is 3.97. The third-order valence-corrected chi connectivity index (χ3v) is 4.73. The predicted molar refractivity (Wildman–Crippen MR) is 97.5 cm³/mol. The van der Waals surface area contributed by atoms with Gasteiger partial charge in [0, 0.05) is 6.42 Å². The number of nitrogens with zero attached hydrogens (tertiary/aromatic N) is 1. The minimum Gasteiger partial charge on any atom is -0.475 e. The third kappa shape index (κ3) is 6.54. The van der Waals surface area contributed by atoms with E-state index in [1.54, 1.807) is 0 Å². The number of sulfonamides is 1. The highest BCUT2D eigenvalue weighted by atomic mass is 32.2. The summed E-state index contributed by atoms with van der Waals surface area (Å²) in [5.41, 5.74) is 1.94. The monoisotopic (exact) mass is 345 g/mol. The summed E-state index contributed by atoms with van der Waals surface area (Å²) in [6.07, 6.45) is 1.77. The normalized spacial score (nSPS) is 12.1. The highest BCUT2D eigenvalue weighted by molar-refractivity contribution is 7.90. The molecule has 0 amide bonds. The average molecular weight is 345 g/mol. The Morgan fingerprint density at radius 2 is 1.54 bits per heavy atom.